The molecule has 1 aromatic rings. The maximum absolute atomic E-state index is 11.5. The van der Waals surface area contributed by atoms with Crippen LogP contribution in [0.25, 0.3) is 5.70 Å². The molecular weight excluding hydrogens is 218 g/mol. The average molecular weight is 235 g/mol. The van der Waals surface area contributed by atoms with E-state index in [1.165, 1.54) is 6.20 Å². The van der Waals surface area contributed by atoms with Crippen LogP contribution in [-0.4, -0.2) is 12.5 Å². The number of amides is 1. The molecule has 1 aromatic carbocycles. The van der Waals surface area contributed by atoms with Crippen LogP contribution in [-0.2, 0) is 4.79 Å². The number of hydrazine groups is 1. The second kappa shape index (κ2) is 6.51. The first kappa shape index (κ1) is 13.0. The van der Waals surface area contributed by atoms with E-state index < -0.39 is 0 Å². The van der Waals surface area contributed by atoms with Crippen LogP contribution < -0.4 is 28.1 Å². The molecule has 1 amide bonds. The number of carbonyl (C=O) groups is 1. The molecule has 0 saturated carbocycles. The van der Waals surface area contributed by atoms with Crippen molar-refractivity contribution in [1.29, 1.82) is 0 Å². The second-order valence-electron chi connectivity index (χ2n) is 3.40. The Morgan fingerprint density at radius 2 is 2.06 bits per heavy atom. The zero-order valence-electron chi connectivity index (χ0n) is 9.44. The van der Waals surface area contributed by atoms with Crippen LogP contribution in [0, 0.1) is 0 Å². The summed E-state index contributed by atoms with van der Waals surface area (Å²) in [5, 5.41) is 2.74. The number of nitrogens with one attached hydrogen (secondary N) is 2. The number of anilines is 1. The molecule has 17 heavy (non-hydrogen) atoms. The smallest absolute Gasteiger partial charge is 0.225 e. The van der Waals surface area contributed by atoms with Gasteiger partial charge in [-0.15, -0.1) is 0 Å². The Balaban J connectivity index is 2.92. The van der Waals surface area contributed by atoms with Gasteiger partial charge in [-0.2, -0.15) is 0 Å². The molecule has 0 heterocycles. The molecule has 0 aliphatic carbocycles. The van der Waals surface area contributed by atoms with E-state index in [0.29, 0.717) is 23.5 Å². The van der Waals surface area contributed by atoms with Crippen LogP contribution in [0.3, 0.4) is 0 Å². The quantitative estimate of drug-likeness (QED) is 0.354. The van der Waals surface area contributed by atoms with E-state index in [-0.39, 0.29) is 12.3 Å². The lowest BCUT2D eigenvalue weighted by Crippen LogP contribution is -2.19. The molecule has 8 N–H and O–H groups in total. The Morgan fingerprint density at radius 3 is 2.71 bits per heavy atom. The highest BCUT2D eigenvalue weighted by molar-refractivity contribution is 5.93. The lowest BCUT2D eigenvalue weighted by molar-refractivity contribution is -0.116. The van der Waals surface area contributed by atoms with Crippen LogP contribution in [0.5, 0.6) is 0 Å². The molecule has 92 valence electrons. The van der Waals surface area contributed by atoms with E-state index in [4.69, 9.17) is 17.3 Å². The molecule has 0 spiro atoms. The first-order chi connectivity index (χ1) is 8.19. The standard InChI is InChI=1S/C11H17N5O/c12-6-5-11(17)16-10-4-2-1-3-8(10)9(13)7-15-14/h1-4,7,15H,5-6,12-14H2,(H,16,17)/b9-7-. The molecule has 0 atom stereocenters. The minimum absolute atomic E-state index is 0.145. The van der Waals surface area contributed by atoms with Gasteiger partial charge in [-0.25, -0.2) is 0 Å². The lowest BCUT2D eigenvalue weighted by Gasteiger charge is -2.10. The van der Waals surface area contributed by atoms with Crippen molar-refractivity contribution < 1.29 is 4.79 Å². The first-order valence-corrected chi connectivity index (χ1v) is 5.20. The van der Waals surface area contributed by atoms with E-state index in [2.05, 4.69) is 10.7 Å². The third-order valence-electron chi connectivity index (χ3n) is 2.12. The summed E-state index contributed by atoms with van der Waals surface area (Å²) in [7, 11) is 0. The third-order valence-corrected chi connectivity index (χ3v) is 2.12. The van der Waals surface area contributed by atoms with Gasteiger partial charge in [0.15, 0.2) is 0 Å². The van der Waals surface area contributed by atoms with Gasteiger partial charge in [-0.3, -0.25) is 10.6 Å². The Hall–Kier alpha value is -2.05. The maximum atomic E-state index is 11.5. The predicted octanol–water partition coefficient (Wildman–Crippen LogP) is -0.306. The van der Waals surface area contributed by atoms with Gasteiger partial charge in [0.2, 0.25) is 5.91 Å². The van der Waals surface area contributed by atoms with Gasteiger partial charge < -0.3 is 22.2 Å². The summed E-state index contributed by atoms with van der Waals surface area (Å²) >= 11 is 0. The number of nitrogens with two attached hydrogens (primary N) is 3. The molecular formula is C11H17N5O. The summed E-state index contributed by atoms with van der Waals surface area (Å²) in [5.41, 5.74) is 15.2. The number of para-hydroxylation sites is 1. The van der Waals surface area contributed by atoms with Gasteiger partial charge in [-0.1, -0.05) is 18.2 Å². The van der Waals surface area contributed by atoms with Gasteiger partial charge in [0.05, 0.1) is 11.4 Å². The molecule has 0 fully saturated rings. The predicted molar refractivity (Wildman–Crippen MR) is 68.2 cm³/mol. The van der Waals surface area contributed by atoms with Crippen molar-refractivity contribution in [3.8, 4) is 0 Å². The van der Waals surface area contributed by atoms with E-state index in [1.54, 1.807) is 12.1 Å². The van der Waals surface area contributed by atoms with Crippen molar-refractivity contribution >= 4 is 17.3 Å². The van der Waals surface area contributed by atoms with Crippen molar-refractivity contribution in [2.75, 3.05) is 11.9 Å². The fourth-order valence-electron chi connectivity index (χ4n) is 1.36. The van der Waals surface area contributed by atoms with Crippen LogP contribution in [0.4, 0.5) is 5.69 Å². The highest BCUT2D eigenvalue weighted by atomic mass is 16.1. The van der Waals surface area contributed by atoms with Gasteiger partial charge in [0, 0.05) is 24.7 Å². The van der Waals surface area contributed by atoms with Crippen molar-refractivity contribution in [3.63, 3.8) is 0 Å². The lowest BCUT2D eigenvalue weighted by atomic mass is 10.1. The van der Waals surface area contributed by atoms with Crippen molar-refractivity contribution in [3.05, 3.63) is 36.0 Å². The Morgan fingerprint density at radius 1 is 1.35 bits per heavy atom. The van der Waals surface area contributed by atoms with Crippen LogP contribution in [0.1, 0.15) is 12.0 Å². The second-order valence-corrected chi connectivity index (χ2v) is 3.40. The molecule has 0 unspecified atom stereocenters. The molecule has 0 aliphatic rings. The number of hydrogen-bond acceptors (Lipinski definition) is 5. The number of rotatable bonds is 5. The zero-order valence-corrected chi connectivity index (χ0v) is 9.44. The first-order valence-electron chi connectivity index (χ1n) is 5.20. The maximum Gasteiger partial charge on any atom is 0.225 e. The SMILES string of the molecule is NCCC(=O)Nc1ccccc1/C(N)=C/NN. The highest BCUT2D eigenvalue weighted by Crippen LogP contribution is 2.20. The summed E-state index contributed by atoms with van der Waals surface area (Å²) in [6.07, 6.45) is 1.72. The zero-order chi connectivity index (χ0) is 12.7. The molecule has 0 aliphatic heterocycles. The molecule has 6 nitrogen and oxygen atoms in total. The van der Waals surface area contributed by atoms with E-state index >= 15 is 0 Å². The van der Waals surface area contributed by atoms with Gasteiger partial charge >= 0.3 is 0 Å². The van der Waals surface area contributed by atoms with E-state index in [9.17, 15) is 4.79 Å². The molecule has 0 bridgehead atoms. The van der Waals surface area contributed by atoms with Crippen LogP contribution in [0.2, 0.25) is 0 Å². The summed E-state index contributed by atoms with van der Waals surface area (Å²) in [6.45, 7) is 0.309. The molecule has 1 rings (SSSR count). The van der Waals surface area contributed by atoms with Crippen molar-refractivity contribution in [2.24, 2.45) is 17.3 Å². The third kappa shape index (κ3) is 3.78. The summed E-state index contributed by atoms with van der Waals surface area (Å²) < 4.78 is 0. The van der Waals surface area contributed by atoms with E-state index in [0.717, 1.165) is 0 Å². The topological polar surface area (TPSA) is 119 Å². The molecule has 6 heteroatoms. The fourth-order valence-corrected chi connectivity index (χ4v) is 1.36. The fraction of sp³-hybridized carbons (Fsp3) is 0.182. The van der Waals surface area contributed by atoms with E-state index in [1.807, 2.05) is 12.1 Å². The Labute approximate surface area is 99.8 Å². The number of benzene rings is 1. The normalized spacial score (nSPS) is 11.1. The summed E-state index contributed by atoms with van der Waals surface area (Å²) in [4.78, 5) is 11.5. The van der Waals surface area contributed by atoms with Gasteiger partial charge in [0.25, 0.3) is 0 Å². The molecule has 0 radical (unpaired) electrons. The van der Waals surface area contributed by atoms with Gasteiger partial charge in [-0.05, 0) is 6.07 Å². The van der Waals surface area contributed by atoms with Crippen LogP contribution >= 0.6 is 0 Å². The van der Waals surface area contributed by atoms with Crippen molar-refractivity contribution in [1.82, 2.24) is 5.43 Å². The molecule has 0 saturated heterocycles. The summed E-state index contributed by atoms with van der Waals surface area (Å²) in [5.74, 6) is 5.01. The van der Waals surface area contributed by atoms with Gasteiger partial charge in [0.1, 0.15) is 0 Å². The molecule has 0 aromatic heterocycles. The monoisotopic (exact) mass is 235 g/mol. The largest absolute Gasteiger partial charge is 0.397 e. The number of hydrogen-bond donors (Lipinski definition) is 5. The average Bonchev–Trinajstić information content (AvgIpc) is 2.30. The highest BCUT2D eigenvalue weighted by Gasteiger charge is 2.07. The summed E-state index contributed by atoms with van der Waals surface area (Å²) in [6, 6.07) is 7.19. The number of carbonyl (C=O) groups excluding carboxylic acids is 1. The minimum Gasteiger partial charge on any atom is -0.397 e. The Kier molecular flexibility index (Phi) is 4.99. The van der Waals surface area contributed by atoms with Crippen LogP contribution in [0.15, 0.2) is 30.5 Å². The van der Waals surface area contributed by atoms with Crippen molar-refractivity contribution in [2.45, 2.75) is 6.42 Å². The Bertz CT molecular complexity index is 416. The minimum atomic E-state index is -0.145.